The van der Waals surface area contributed by atoms with Crippen molar-refractivity contribution >= 4 is 33.2 Å². The van der Waals surface area contributed by atoms with Crippen LogP contribution >= 0.6 is 11.6 Å². The molecule has 0 saturated heterocycles. The lowest BCUT2D eigenvalue weighted by molar-refractivity contribution is -0.120. The lowest BCUT2D eigenvalue weighted by atomic mass is 10.1. The topological polar surface area (TPSA) is 84.9 Å². The summed E-state index contributed by atoms with van der Waals surface area (Å²) in [6.07, 6.45) is 0. The highest BCUT2D eigenvalue weighted by molar-refractivity contribution is 7.92. The van der Waals surface area contributed by atoms with Gasteiger partial charge in [-0.3, -0.25) is 9.10 Å². The van der Waals surface area contributed by atoms with E-state index in [0.29, 0.717) is 27.8 Å². The van der Waals surface area contributed by atoms with Crippen molar-refractivity contribution in [1.82, 2.24) is 5.32 Å². The number of rotatable bonds is 9. The maximum absolute atomic E-state index is 13.5. The van der Waals surface area contributed by atoms with Crippen molar-refractivity contribution in [1.29, 1.82) is 0 Å². The fourth-order valence-electron chi connectivity index (χ4n) is 3.43. The smallest absolute Gasteiger partial charge is 0.264 e. The van der Waals surface area contributed by atoms with Crippen LogP contribution in [0, 0.1) is 6.92 Å². The van der Waals surface area contributed by atoms with E-state index in [4.69, 9.17) is 21.1 Å². The Morgan fingerprint density at radius 1 is 1.00 bits per heavy atom. The number of aryl methyl sites for hydroxylation is 1. The van der Waals surface area contributed by atoms with Gasteiger partial charge in [0.25, 0.3) is 10.0 Å². The van der Waals surface area contributed by atoms with Crippen LogP contribution in [0.25, 0.3) is 0 Å². The van der Waals surface area contributed by atoms with Gasteiger partial charge in [-0.25, -0.2) is 8.42 Å². The number of carbonyl (C=O) groups is 1. The molecule has 3 rings (SSSR count). The Morgan fingerprint density at radius 2 is 1.65 bits per heavy atom. The molecule has 0 spiro atoms. The largest absolute Gasteiger partial charge is 0.497 e. The third-order valence-electron chi connectivity index (χ3n) is 5.29. The van der Waals surface area contributed by atoms with Crippen LogP contribution in [0.4, 0.5) is 5.69 Å². The van der Waals surface area contributed by atoms with E-state index in [-0.39, 0.29) is 4.90 Å². The second kappa shape index (κ2) is 10.8. The van der Waals surface area contributed by atoms with Gasteiger partial charge in [-0.2, -0.15) is 0 Å². The minimum Gasteiger partial charge on any atom is -0.497 e. The predicted octanol–water partition coefficient (Wildman–Crippen LogP) is 4.74. The van der Waals surface area contributed by atoms with Gasteiger partial charge in [-0.1, -0.05) is 29.3 Å². The van der Waals surface area contributed by atoms with Gasteiger partial charge in [-0.05, 0) is 68.4 Å². The fourth-order valence-corrected chi connectivity index (χ4v) is 4.98. The molecule has 0 saturated carbocycles. The summed E-state index contributed by atoms with van der Waals surface area (Å²) in [4.78, 5) is 13.1. The second-order valence-corrected chi connectivity index (χ2v) is 10.00. The van der Waals surface area contributed by atoms with Crippen LogP contribution < -0.4 is 19.1 Å². The molecule has 34 heavy (non-hydrogen) atoms. The third-order valence-corrected chi connectivity index (χ3v) is 7.33. The summed E-state index contributed by atoms with van der Waals surface area (Å²) in [5.74, 6) is 0.719. The highest BCUT2D eigenvalue weighted by Crippen LogP contribution is 2.30. The van der Waals surface area contributed by atoms with Crippen molar-refractivity contribution in [3.05, 3.63) is 82.9 Å². The zero-order valence-corrected chi connectivity index (χ0v) is 21.0. The van der Waals surface area contributed by atoms with Crippen molar-refractivity contribution in [3.8, 4) is 11.5 Å². The van der Waals surface area contributed by atoms with Gasteiger partial charge in [0.1, 0.15) is 18.0 Å². The van der Waals surface area contributed by atoms with Crippen LogP contribution in [0.5, 0.6) is 11.5 Å². The number of sulfonamides is 1. The Balaban J connectivity index is 1.90. The molecule has 0 radical (unpaired) electrons. The van der Waals surface area contributed by atoms with Gasteiger partial charge >= 0.3 is 0 Å². The zero-order valence-electron chi connectivity index (χ0n) is 19.4. The van der Waals surface area contributed by atoms with Crippen molar-refractivity contribution in [2.45, 2.75) is 24.8 Å². The fraction of sp³-hybridized carbons (Fsp3) is 0.240. The van der Waals surface area contributed by atoms with Crippen LogP contribution in [-0.2, 0) is 14.8 Å². The molecule has 0 unspecified atom stereocenters. The van der Waals surface area contributed by atoms with E-state index in [1.807, 2.05) is 6.92 Å². The van der Waals surface area contributed by atoms with Gasteiger partial charge in [0.05, 0.1) is 30.8 Å². The van der Waals surface area contributed by atoms with Gasteiger partial charge in [-0.15, -0.1) is 0 Å². The molecule has 0 fully saturated rings. The van der Waals surface area contributed by atoms with E-state index >= 15 is 0 Å². The maximum atomic E-state index is 13.5. The molecule has 0 aliphatic carbocycles. The van der Waals surface area contributed by atoms with Crippen LogP contribution in [0.1, 0.15) is 24.1 Å². The quantitative estimate of drug-likeness (QED) is 0.457. The van der Waals surface area contributed by atoms with E-state index in [9.17, 15) is 13.2 Å². The Hall–Kier alpha value is -3.23. The number of benzene rings is 3. The first-order valence-corrected chi connectivity index (χ1v) is 12.3. The van der Waals surface area contributed by atoms with E-state index in [2.05, 4.69) is 5.32 Å². The third kappa shape index (κ3) is 5.81. The number of ether oxygens (including phenoxy) is 2. The minimum absolute atomic E-state index is 0.0350. The highest BCUT2D eigenvalue weighted by Gasteiger charge is 2.28. The van der Waals surface area contributed by atoms with Crippen LogP contribution in [0.2, 0.25) is 5.02 Å². The Morgan fingerprint density at radius 3 is 2.24 bits per heavy atom. The van der Waals surface area contributed by atoms with Crippen molar-refractivity contribution in [2.75, 3.05) is 25.1 Å². The molecule has 3 aromatic rings. The average molecular weight is 503 g/mol. The van der Waals surface area contributed by atoms with Crippen LogP contribution in [0.15, 0.2) is 71.6 Å². The molecule has 0 heterocycles. The number of methoxy groups -OCH3 is 2. The molecule has 3 aromatic carbocycles. The zero-order chi connectivity index (χ0) is 24.9. The van der Waals surface area contributed by atoms with E-state index in [1.165, 1.54) is 31.4 Å². The summed E-state index contributed by atoms with van der Waals surface area (Å²) in [7, 11) is -0.943. The monoisotopic (exact) mass is 502 g/mol. The molecule has 1 amide bonds. The van der Waals surface area contributed by atoms with Crippen molar-refractivity contribution in [2.24, 2.45) is 0 Å². The number of hydrogen-bond donors (Lipinski definition) is 1. The number of nitrogens with zero attached hydrogens (tertiary/aromatic N) is 1. The molecular formula is C25H27ClN2O5S. The summed E-state index contributed by atoms with van der Waals surface area (Å²) in [5, 5.41) is 3.28. The lowest BCUT2D eigenvalue weighted by Gasteiger charge is -2.25. The van der Waals surface area contributed by atoms with Gasteiger partial charge < -0.3 is 14.8 Å². The molecule has 1 atom stereocenters. The Kier molecular flexibility index (Phi) is 8.06. The van der Waals surface area contributed by atoms with Gasteiger partial charge in [0, 0.05) is 10.6 Å². The Labute approximate surface area is 205 Å². The molecule has 0 bridgehead atoms. The highest BCUT2D eigenvalue weighted by atomic mass is 35.5. The SMILES string of the molecule is COc1ccc(OC)c([C@H](C)NC(=O)CN(c2ccc(C)cc2)S(=O)(=O)c2ccc(Cl)cc2)c1. The molecule has 7 nitrogen and oxygen atoms in total. The van der Waals surface area contributed by atoms with Crippen molar-refractivity contribution < 1.29 is 22.7 Å². The maximum Gasteiger partial charge on any atom is 0.264 e. The molecule has 0 aromatic heterocycles. The van der Waals surface area contributed by atoms with Crippen molar-refractivity contribution in [3.63, 3.8) is 0 Å². The van der Waals surface area contributed by atoms with Crippen LogP contribution in [-0.4, -0.2) is 35.1 Å². The second-order valence-electron chi connectivity index (χ2n) is 7.70. The summed E-state index contributed by atoms with van der Waals surface area (Å²) < 4.78 is 38.7. The molecule has 1 N–H and O–H groups in total. The first kappa shape index (κ1) is 25.4. The number of nitrogens with one attached hydrogen (secondary N) is 1. The minimum atomic E-state index is -4.03. The van der Waals surface area contributed by atoms with E-state index in [0.717, 1.165) is 9.87 Å². The molecule has 0 aliphatic rings. The standard InChI is InChI=1S/C25H27ClN2O5S/c1-17-5-9-20(10-6-17)28(34(30,31)22-12-7-19(26)8-13-22)16-25(29)27-18(2)23-15-21(32-3)11-14-24(23)33-4/h5-15,18H,16H2,1-4H3,(H,27,29)/t18-/m0/s1. The summed E-state index contributed by atoms with van der Waals surface area (Å²) in [6.45, 7) is 3.28. The average Bonchev–Trinajstić information content (AvgIpc) is 2.83. The van der Waals surface area contributed by atoms with E-state index in [1.54, 1.807) is 56.5 Å². The lowest BCUT2D eigenvalue weighted by Crippen LogP contribution is -2.41. The molecule has 9 heteroatoms. The number of hydrogen-bond acceptors (Lipinski definition) is 5. The summed E-state index contributed by atoms with van der Waals surface area (Å²) in [5.41, 5.74) is 2.05. The summed E-state index contributed by atoms with van der Waals surface area (Å²) >= 11 is 5.93. The summed E-state index contributed by atoms with van der Waals surface area (Å²) in [6, 6.07) is 17.6. The number of anilines is 1. The van der Waals surface area contributed by atoms with Crippen LogP contribution in [0.3, 0.4) is 0 Å². The molecular weight excluding hydrogens is 476 g/mol. The normalized spacial score (nSPS) is 12.0. The van der Waals surface area contributed by atoms with Gasteiger partial charge in [0.15, 0.2) is 0 Å². The first-order chi connectivity index (χ1) is 16.1. The number of carbonyl (C=O) groups excluding carboxylic acids is 1. The predicted molar refractivity (Wildman–Crippen MR) is 133 cm³/mol. The molecule has 0 aliphatic heterocycles. The van der Waals surface area contributed by atoms with E-state index < -0.39 is 28.5 Å². The van der Waals surface area contributed by atoms with Gasteiger partial charge in [0.2, 0.25) is 5.91 Å². The molecule has 180 valence electrons. The first-order valence-electron chi connectivity index (χ1n) is 10.5. The Bertz CT molecular complexity index is 1250. The number of halogens is 1. The number of amides is 1.